The zero-order valence-electron chi connectivity index (χ0n) is 30.4. The van der Waals surface area contributed by atoms with Crippen molar-refractivity contribution in [3.8, 4) is 0 Å². The van der Waals surface area contributed by atoms with Crippen molar-refractivity contribution in [2.24, 2.45) is 5.41 Å². The summed E-state index contributed by atoms with van der Waals surface area (Å²) in [6.07, 6.45) is 14.8. The Bertz CT molecular complexity index is 1280. The maximum Gasteiger partial charge on any atom is 0.156 e. The van der Waals surface area contributed by atoms with Crippen LogP contribution in [0.15, 0.2) is 71.4 Å². The lowest BCUT2D eigenvalue weighted by molar-refractivity contribution is 0.151. The largest absolute Gasteiger partial charge is 0.508 e. The summed E-state index contributed by atoms with van der Waals surface area (Å²) in [7, 11) is 2.20. The van der Waals surface area contributed by atoms with Gasteiger partial charge in [-0.3, -0.25) is 0 Å². The fraction of sp³-hybridized carbons (Fsp3) is 0.575. The second kappa shape index (κ2) is 17.0. The average Bonchev–Trinajstić information content (AvgIpc) is 3.36. The summed E-state index contributed by atoms with van der Waals surface area (Å²) in [6.45, 7) is 36.5. The number of hydrogen-bond acceptors (Lipinski definition) is 4. The molecule has 2 heterocycles. The molecule has 4 nitrogen and oxygen atoms in total. The smallest absolute Gasteiger partial charge is 0.156 e. The van der Waals surface area contributed by atoms with E-state index < -0.39 is 0 Å². The van der Waals surface area contributed by atoms with E-state index in [1.807, 2.05) is 32.1 Å². The van der Waals surface area contributed by atoms with E-state index in [4.69, 9.17) is 14.5 Å². The third-order valence-corrected chi connectivity index (χ3v) is 8.84. The highest BCUT2D eigenvalue weighted by molar-refractivity contribution is 5.80. The first-order valence-corrected chi connectivity index (χ1v) is 16.4. The van der Waals surface area contributed by atoms with Gasteiger partial charge in [-0.1, -0.05) is 92.0 Å². The molecule has 0 bridgehead atoms. The molecule has 0 saturated heterocycles. The third-order valence-electron chi connectivity index (χ3n) is 8.84. The zero-order chi connectivity index (χ0) is 33.9. The zero-order valence-corrected chi connectivity index (χ0v) is 30.4. The van der Waals surface area contributed by atoms with Crippen molar-refractivity contribution in [3.63, 3.8) is 0 Å². The van der Waals surface area contributed by atoms with E-state index in [9.17, 15) is 0 Å². The van der Waals surface area contributed by atoms with Crippen LogP contribution in [0.3, 0.4) is 0 Å². The van der Waals surface area contributed by atoms with Crippen LogP contribution in [0.1, 0.15) is 138 Å². The van der Waals surface area contributed by atoms with Gasteiger partial charge in [0.15, 0.2) is 5.58 Å². The number of aromatic nitrogens is 1. The van der Waals surface area contributed by atoms with Crippen molar-refractivity contribution in [1.82, 2.24) is 9.88 Å². The van der Waals surface area contributed by atoms with Crippen molar-refractivity contribution < 1.29 is 9.52 Å². The van der Waals surface area contributed by atoms with Gasteiger partial charge >= 0.3 is 0 Å². The van der Waals surface area contributed by atoms with Crippen LogP contribution in [0.4, 0.5) is 0 Å². The molecule has 0 aliphatic heterocycles. The molecule has 2 aromatic rings. The summed E-state index contributed by atoms with van der Waals surface area (Å²) >= 11 is 0. The molecule has 0 atom stereocenters. The predicted molar refractivity (Wildman–Crippen MR) is 195 cm³/mol. The molecular formula is C40H64N2O2. The van der Waals surface area contributed by atoms with Gasteiger partial charge in [-0.2, -0.15) is 0 Å². The van der Waals surface area contributed by atoms with Gasteiger partial charge in [0, 0.05) is 34.4 Å². The standard InChI is InChI=1S/C21H29NO.C10H14O.C9H21N/c1-7-15-12-18-19(23-15)16(20(2,3)4)13-17(22-18)14-8-10-21(5,6)11-9-14;1-8(2)6-5-7-9(3)10(4)11;1-6-8-10(5)9(3,4)7-2/h7,12-14H,1,8-11H2,2-6H3;5-7,11H,3-4H2,1-2H3;6-8H2,1-5H3/b;7-5-;. The summed E-state index contributed by atoms with van der Waals surface area (Å²) in [6, 6.07) is 4.32. The number of nitrogens with zero attached hydrogens (tertiary/aromatic N) is 2. The van der Waals surface area contributed by atoms with Gasteiger partial charge in [0.05, 0.1) is 0 Å². The van der Waals surface area contributed by atoms with Gasteiger partial charge < -0.3 is 14.4 Å². The molecule has 4 heteroatoms. The number of rotatable bonds is 9. The number of aliphatic hydroxyl groups is 1. The van der Waals surface area contributed by atoms with Gasteiger partial charge in [-0.05, 0) is 103 Å². The van der Waals surface area contributed by atoms with Gasteiger partial charge in [0.2, 0.25) is 0 Å². The highest BCUT2D eigenvalue weighted by atomic mass is 16.3. The van der Waals surface area contributed by atoms with E-state index in [1.54, 1.807) is 12.2 Å². The number of furan rings is 1. The number of allylic oxidation sites excluding steroid dienone is 4. The Morgan fingerprint density at radius 1 is 1.09 bits per heavy atom. The average molecular weight is 605 g/mol. The topological polar surface area (TPSA) is 49.5 Å². The lowest BCUT2D eigenvalue weighted by Gasteiger charge is -2.34. The molecule has 3 rings (SSSR count). The molecule has 0 radical (unpaired) electrons. The minimum absolute atomic E-state index is 0.0170. The Morgan fingerprint density at radius 2 is 1.68 bits per heavy atom. The Morgan fingerprint density at radius 3 is 2.14 bits per heavy atom. The molecule has 1 aliphatic carbocycles. The maximum absolute atomic E-state index is 8.82. The van der Waals surface area contributed by atoms with Gasteiger partial charge in [-0.15, -0.1) is 0 Å². The van der Waals surface area contributed by atoms with Gasteiger partial charge in [0.25, 0.3) is 0 Å². The highest BCUT2D eigenvalue weighted by Gasteiger charge is 2.30. The molecule has 1 aliphatic rings. The SMILES string of the molecule is C=C(O)C(=C)/C=C\C=C(C)C.C=Cc1cc2nc(C3CCC(C)(C)CC3)cc(C(C)(C)C)c2o1.CCCN(C)C(C)(C)CC. The van der Waals surface area contributed by atoms with E-state index in [0.717, 1.165) is 16.9 Å². The lowest BCUT2D eigenvalue weighted by Crippen LogP contribution is -2.40. The van der Waals surface area contributed by atoms with E-state index in [1.165, 1.54) is 61.9 Å². The van der Waals surface area contributed by atoms with E-state index >= 15 is 0 Å². The molecule has 0 aromatic carbocycles. The number of fused-ring (bicyclic) bond motifs is 1. The number of pyridine rings is 1. The van der Waals surface area contributed by atoms with Crippen LogP contribution < -0.4 is 0 Å². The molecule has 1 saturated carbocycles. The molecular weight excluding hydrogens is 540 g/mol. The normalized spacial score (nSPS) is 15.3. The van der Waals surface area contributed by atoms with Crippen molar-refractivity contribution >= 4 is 17.2 Å². The number of aliphatic hydroxyl groups excluding tert-OH is 1. The lowest BCUT2D eigenvalue weighted by atomic mass is 9.72. The Hall–Kier alpha value is -2.85. The first-order valence-electron chi connectivity index (χ1n) is 16.4. The minimum atomic E-state index is 0.0170. The highest BCUT2D eigenvalue weighted by Crippen LogP contribution is 2.43. The van der Waals surface area contributed by atoms with Crippen molar-refractivity contribution in [3.05, 3.63) is 84.0 Å². The van der Waals surface area contributed by atoms with E-state index in [0.29, 0.717) is 22.4 Å². The molecule has 44 heavy (non-hydrogen) atoms. The van der Waals surface area contributed by atoms with E-state index in [2.05, 4.69) is 100 Å². The maximum atomic E-state index is 8.82. The second-order valence-electron chi connectivity index (χ2n) is 15.0. The van der Waals surface area contributed by atoms with Crippen LogP contribution in [0.2, 0.25) is 0 Å². The molecule has 0 amide bonds. The minimum Gasteiger partial charge on any atom is -0.508 e. The van der Waals surface area contributed by atoms with Crippen LogP contribution in [0.5, 0.6) is 0 Å². The number of hydrogen-bond donors (Lipinski definition) is 1. The first kappa shape index (κ1) is 39.2. The Labute approximate surface area is 270 Å². The summed E-state index contributed by atoms with van der Waals surface area (Å²) in [5.41, 5.74) is 7.07. The fourth-order valence-electron chi connectivity index (χ4n) is 4.98. The summed E-state index contributed by atoms with van der Waals surface area (Å²) in [4.78, 5) is 7.37. The van der Waals surface area contributed by atoms with Crippen LogP contribution in [0, 0.1) is 5.41 Å². The van der Waals surface area contributed by atoms with Crippen molar-refractivity contribution in [1.29, 1.82) is 0 Å². The quantitative estimate of drug-likeness (QED) is 0.228. The molecule has 246 valence electrons. The second-order valence-corrected chi connectivity index (χ2v) is 15.0. The summed E-state index contributed by atoms with van der Waals surface area (Å²) in [5.74, 6) is 1.40. The van der Waals surface area contributed by atoms with Crippen molar-refractivity contribution in [2.45, 2.75) is 132 Å². The van der Waals surface area contributed by atoms with Crippen LogP contribution in [-0.4, -0.2) is 34.1 Å². The van der Waals surface area contributed by atoms with Gasteiger partial charge in [-0.25, -0.2) is 4.98 Å². The van der Waals surface area contributed by atoms with Crippen LogP contribution >= 0.6 is 0 Å². The van der Waals surface area contributed by atoms with Crippen LogP contribution in [-0.2, 0) is 5.41 Å². The van der Waals surface area contributed by atoms with E-state index in [-0.39, 0.29) is 11.2 Å². The van der Waals surface area contributed by atoms with Gasteiger partial charge in [0.1, 0.15) is 17.0 Å². The van der Waals surface area contributed by atoms with Crippen molar-refractivity contribution in [2.75, 3.05) is 13.6 Å². The first-order chi connectivity index (χ1) is 20.3. The monoisotopic (exact) mass is 604 g/mol. The van der Waals surface area contributed by atoms with Crippen LogP contribution in [0.25, 0.3) is 17.2 Å². The molecule has 0 unspecified atom stereocenters. The summed E-state index contributed by atoms with van der Waals surface area (Å²) < 4.78 is 5.97. The Kier molecular flexibility index (Phi) is 15.1. The molecule has 0 spiro atoms. The fourth-order valence-corrected chi connectivity index (χ4v) is 4.98. The Balaban J connectivity index is 0.000000387. The molecule has 2 aromatic heterocycles. The predicted octanol–water partition coefficient (Wildman–Crippen LogP) is 12.1. The third kappa shape index (κ3) is 12.6. The molecule has 1 N–H and O–H groups in total. The molecule has 1 fully saturated rings. The summed E-state index contributed by atoms with van der Waals surface area (Å²) in [5, 5.41) is 8.82.